The first kappa shape index (κ1) is 15.1. The SMILES string of the molecule is Cc1cc(Br)cc(C(=O)C(C#N)C(=O)c2nccn2C)c1. The van der Waals surface area contributed by atoms with Gasteiger partial charge in [0.1, 0.15) is 0 Å². The maximum Gasteiger partial charge on any atom is 0.223 e. The first-order chi connectivity index (χ1) is 9.93. The van der Waals surface area contributed by atoms with Gasteiger partial charge in [-0.2, -0.15) is 5.26 Å². The van der Waals surface area contributed by atoms with Gasteiger partial charge in [0, 0.05) is 29.5 Å². The molecule has 0 aliphatic heterocycles. The van der Waals surface area contributed by atoms with E-state index in [1.807, 2.05) is 13.0 Å². The number of carbonyl (C=O) groups is 2. The molecule has 0 aliphatic carbocycles. The Morgan fingerprint density at radius 3 is 2.57 bits per heavy atom. The van der Waals surface area contributed by atoms with Crippen LogP contribution in [0.25, 0.3) is 0 Å². The molecule has 1 heterocycles. The molecule has 0 saturated carbocycles. The average Bonchev–Trinajstić information content (AvgIpc) is 2.84. The fourth-order valence-corrected chi connectivity index (χ4v) is 2.62. The molecular formula is C15H12BrN3O2. The molecule has 0 spiro atoms. The maximum absolute atomic E-state index is 12.4. The van der Waals surface area contributed by atoms with Crippen molar-refractivity contribution >= 4 is 27.5 Å². The van der Waals surface area contributed by atoms with Crippen LogP contribution in [-0.2, 0) is 7.05 Å². The fraction of sp³-hybridized carbons (Fsp3) is 0.200. The molecule has 106 valence electrons. The van der Waals surface area contributed by atoms with Crippen molar-refractivity contribution in [2.45, 2.75) is 6.92 Å². The third kappa shape index (κ3) is 3.09. The molecule has 1 unspecified atom stereocenters. The molecule has 0 fully saturated rings. The van der Waals surface area contributed by atoms with Crippen LogP contribution < -0.4 is 0 Å². The number of rotatable bonds is 4. The summed E-state index contributed by atoms with van der Waals surface area (Å²) in [5.74, 6) is -2.40. The van der Waals surface area contributed by atoms with Crippen molar-refractivity contribution in [2.24, 2.45) is 13.0 Å². The molecule has 1 atom stereocenters. The zero-order chi connectivity index (χ0) is 15.6. The number of hydrogen-bond donors (Lipinski definition) is 0. The molecule has 0 bridgehead atoms. The molecule has 6 heteroatoms. The monoisotopic (exact) mass is 345 g/mol. The van der Waals surface area contributed by atoms with Gasteiger partial charge in [0.05, 0.1) is 6.07 Å². The summed E-state index contributed by atoms with van der Waals surface area (Å²) in [6.45, 7) is 1.84. The summed E-state index contributed by atoms with van der Waals surface area (Å²) < 4.78 is 2.22. The topological polar surface area (TPSA) is 75.8 Å². The molecule has 0 radical (unpaired) electrons. The number of aryl methyl sites for hydroxylation is 2. The van der Waals surface area contributed by atoms with Crippen LogP contribution in [0, 0.1) is 24.2 Å². The van der Waals surface area contributed by atoms with Crippen molar-refractivity contribution in [3.8, 4) is 6.07 Å². The van der Waals surface area contributed by atoms with Crippen molar-refractivity contribution in [3.05, 3.63) is 52.0 Å². The van der Waals surface area contributed by atoms with Gasteiger partial charge >= 0.3 is 0 Å². The van der Waals surface area contributed by atoms with E-state index in [2.05, 4.69) is 20.9 Å². The minimum absolute atomic E-state index is 0.0987. The summed E-state index contributed by atoms with van der Waals surface area (Å²) in [7, 11) is 1.64. The molecule has 2 rings (SSSR count). The van der Waals surface area contributed by atoms with E-state index >= 15 is 0 Å². The van der Waals surface area contributed by atoms with Gasteiger partial charge in [-0.25, -0.2) is 4.98 Å². The molecule has 0 N–H and O–H groups in total. The predicted octanol–water partition coefficient (Wildman–Crippen LogP) is 2.70. The zero-order valence-corrected chi connectivity index (χ0v) is 13.1. The van der Waals surface area contributed by atoms with Crippen LogP contribution in [0.2, 0.25) is 0 Å². The van der Waals surface area contributed by atoms with E-state index in [0.717, 1.165) is 10.0 Å². The Morgan fingerprint density at radius 2 is 2.05 bits per heavy atom. The zero-order valence-electron chi connectivity index (χ0n) is 11.5. The van der Waals surface area contributed by atoms with E-state index in [9.17, 15) is 14.9 Å². The van der Waals surface area contributed by atoms with Crippen LogP contribution in [-0.4, -0.2) is 21.1 Å². The van der Waals surface area contributed by atoms with Gasteiger partial charge in [-0.3, -0.25) is 9.59 Å². The van der Waals surface area contributed by atoms with E-state index in [0.29, 0.717) is 5.56 Å². The van der Waals surface area contributed by atoms with E-state index in [1.54, 1.807) is 31.4 Å². The van der Waals surface area contributed by atoms with Gasteiger partial charge < -0.3 is 4.57 Å². The Balaban J connectivity index is 2.38. The third-order valence-corrected chi connectivity index (χ3v) is 3.48. The smallest absolute Gasteiger partial charge is 0.223 e. The number of ketones is 2. The van der Waals surface area contributed by atoms with Crippen LogP contribution in [0.1, 0.15) is 26.5 Å². The summed E-state index contributed by atoms with van der Waals surface area (Å²) in [6.07, 6.45) is 3.05. The van der Waals surface area contributed by atoms with Gasteiger partial charge in [0.2, 0.25) is 5.78 Å². The molecule has 5 nitrogen and oxygen atoms in total. The Bertz CT molecular complexity index is 738. The number of Topliss-reactive ketones (excluding diaryl/α,β-unsaturated/α-hetero) is 2. The summed E-state index contributed by atoms with van der Waals surface area (Å²) in [6, 6.07) is 6.89. The number of aromatic nitrogens is 2. The van der Waals surface area contributed by atoms with Gasteiger partial charge in [0.25, 0.3) is 0 Å². The summed E-state index contributed by atoms with van der Waals surface area (Å²) >= 11 is 3.30. The number of benzene rings is 1. The molecule has 1 aromatic heterocycles. The largest absolute Gasteiger partial charge is 0.332 e. The quantitative estimate of drug-likeness (QED) is 0.630. The molecule has 2 aromatic rings. The molecule has 1 aromatic carbocycles. The molecular weight excluding hydrogens is 334 g/mol. The minimum Gasteiger partial charge on any atom is -0.332 e. The van der Waals surface area contributed by atoms with Gasteiger partial charge in [-0.05, 0) is 30.7 Å². The molecule has 0 saturated heterocycles. The standard InChI is InChI=1S/C15H12BrN3O2/c1-9-5-10(7-11(16)6-9)13(20)12(8-17)14(21)15-18-3-4-19(15)2/h3-7,12H,1-2H3. The van der Waals surface area contributed by atoms with E-state index < -0.39 is 17.5 Å². The van der Waals surface area contributed by atoms with Gasteiger partial charge in [-0.15, -0.1) is 0 Å². The van der Waals surface area contributed by atoms with Crippen molar-refractivity contribution in [3.63, 3.8) is 0 Å². The van der Waals surface area contributed by atoms with Gasteiger partial charge in [0.15, 0.2) is 17.5 Å². The van der Waals surface area contributed by atoms with Crippen LogP contribution >= 0.6 is 15.9 Å². The van der Waals surface area contributed by atoms with E-state index in [4.69, 9.17) is 0 Å². The lowest BCUT2D eigenvalue weighted by Gasteiger charge is -2.08. The Hall–Kier alpha value is -2.26. The van der Waals surface area contributed by atoms with E-state index in [1.165, 1.54) is 10.8 Å². The Morgan fingerprint density at radius 1 is 1.33 bits per heavy atom. The van der Waals surface area contributed by atoms with Crippen molar-refractivity contribution in [1.29, 1.82) is 5.26 Å². The highest BCUT2D eigenvalue weighted by molar-refractivity contribution is 9.10. The molecule has 0 aliphatic rings. The first-order valence-electron chi connectivity index (χ1n) is 6.16. The lowest BCUT2D eigenvalue weighted by molar-refractivity contribution is 0.0838. The molecule has 21 heavy (non-hydrogen) atoms. The second-order valence-electron chi connectivity index (χ2n) is 4.67. The summed E-state index contributed by atoms with van der Waals surface area (Å²) in [4.78, 5) is 28.6. The number of carbonyl (C=O) groups excluding carboxylic acids is 2. The average molecular weight is 346 g/mol. The summed E-state index contributed by atoms with van der Waals surface area (Å²) in [5.41, 5.74) is 1.20. The first-order valence-corrected chi connectivity index (χ1v) is 6.96. The third-order valence-electron chi connectivity index (χ3n) is 3.02. The minimum atomic E-state index is -1.39. The van der Waals surface area contributed by atoms with Gasteiger partial charge in [-0.1, -0.05) is 15.9 Å². The van der Waals surface area contributed by atoms with E-state index in [-0.39, 0.29) is 5.82 Å². The fourth-order valence-electron chi connectivity index (χ4n) is 2.01. The maximum atomic E-state index is 12.4. The van der Waals surface area contributed by atoms with Crippen LogP contribution in [0.3, 0.4) is 0 Å². The second-order valence-corrected chi connectivity index (χ2v) is 5.59. The van der Waals surface area contributed by atoms with Crippen LogP contribution in [0.4, 0.5) is 0 Å². The normalized spacial score (nSPS) is 11.7. The number of halogens is 1. The Labute approximate surface area is 130 Å². The van der Waals surface area contributed by atoms with Crippen molar-refractivity contribution < 1.29 is 9.59 Å². The Kier molecular flexibility index (Phi) is 4.34. The number of hydrogen-bond acceptors (Lipinski definition) is 4. The highest BCUT2D eigenvalue weighted by atomic mass is 79.9. The highest BCUT2D eigenvalue weighted by Gasteiger charge is 2.31. The molecule has 0 amide bonds. The number of nitriles is 1. The second kappa shape index (κ2) is 6.02. The predicted molar refractivity (Wildman–Crippen MR) is 79.9 cm³/mol. The van der Waals surface area contributed by atoms with Crippen LogP contribution in [0.5, 0.6) is 0 Å². The highest BCUT2D eigenvalue weighted by Crippen LogP contribution is 2.19. The lowest BCUT2D eigenvalue weighted by Crippen LogP contribution is -2.25. The van der Waals surface area contributed by atoms with Crippen molar-refractivity contribution in [1.82, 2.24) is 9.55 Å². The summed E-state index contributed by atoms with van der Waals surface area (Å²) in [5, 5.41) is 9.22. The van der Waals surface area contributed by atoms with Crippen molar-refractivity contribution in [2.75, 3.05) is 0 Å². The number of imidazole rings is 1. The number of nitrogens with zero attached hydrogens (tertiary/aromatic N) is 3. The van der Waals surface area contributed by atoms with Crippen LogP contribution in [0.15, 0.2) is 35.1 Å². The lowest BCUT2D eigenvalue weighted by atomic mass is 9.93.